The van der Waals surface area contributed by atoms with Gasteiger partial charge in [-0.1, -0.05) is 42.5 Å². The van der Waals surface area contributed by atoms with Gasteiger partial charge in [0.1, 0.15) is 0 Å². The van der Waals surface area contributed by atoms with Gasteiger partial charge in [0.25, 0.3) is 11.8 Å². The van der Waals surface area contributed by atoms with Crippen LogP contribution in [0, 0.1) is 0 Å². The summed E-state index contributed by atoms with van der Waals surface area (Å²) in [4.78, 5) is 24.8. The lowest BCUT2D eigenvalue weighted by atomic mass is 10.1. The molecule has 0 spiro atoms. The van der Waals surface area contributed by atoms with Crippen molar-refractivity contribution in [3.63, 3.8) is 0 Å². The van der Waals surface area contributed by atoms with E-state index in [1.165, 1.54) is 0 Å². The average molecular weight is 340 g/mol. The Morgan fingerprint density at radius 3 is 2.04 bits per heavy atom. The number of carbonyl (C=O) groups is 2. The Hall–Kier alpha value is -2.66. The highest BCUT2D eigenvalue weighted by molar-refractivity contribution is 5.91. The zero-order valence-corrected chi connectivity index (χ0v) is 14.8. The summed E-state index contributed by atoms with van der Waals surface area (Å²) in [6.07, 6.45) is 0. The summed E-state index contributed by atoms with van der Waals surface area (Å²) in [6.45, 7) is 5.76. The van der Waals surface area contributed by atoms with Crippen LogP contribution in [0.1, 0.15) is 13.8 Å². The molecule has 0 fully saturated rings. The van der Waals surface area contributed by atoms with Crippen LogP contribution < -0.4 is 15.5 Å². The molecule has 5 nitrogen and oxygen atoms in total. The van der Waals surface area contributed by atoms with Crippen LogP contribution in [0.5, 0.6) is 0 Å². The number of quaternary nitrogens is 1. The maximum atomic E-state index is 12.2. The third-order valence-corrected chi connectivity index (χ3v) is 3.97. The van der Waals surface area contributed by atoms with Crippen LogP contribution in [0.3, 0.4) is 0 Å². The first-order chi connectivity index (χ1) is 12.1. The SMILES string of the molecule is CCNC(=O)C[NH+](CC)CC(=O)Nc1ccc(-c2ccccc2)cc1. The van der Waals surface area contributed by atoms with Crippen LogP contribution in [0.15, 0.2) is 54.6 Å². The Bertz CT molecular complexity index is 684. The molecule has 2 amide bonds. The van der Waals surface area contributed by atoms with E-state index in [4.69, 9.17) is 0 Å². The van der Waals surface area contributed by atoms with E-state index < -0.39 is 0 Å². The van der Waals surface area contributed by atoms with Crippen LogP contribution in [0.25, 0.3) is 11.1 Å². The van der Waals surface area contributed by atoms with Gasteiger partial charge in [0, 0.05) is 12.2 Å². The van der Waals surface area contributed by atoms with Crippen LogP contribution >= 0.6 is 0 Å². The topological polar surface area (TPSA) is 62.6 Å². The first-order valence-corrected chi connectivity index (χ1v) is 8.68. The third kappa shape index (κ3) is 6.04. The van der Waals surface area contributed by atoms with E-state index in [-0.39, 0.29) is 18.4 Å². The molecular formula is C20H26N3O2+. The summed E-state index contributed by atoms with van der Waals surface area (Å²) < 4.78 is 0. The van der Waals surface area contributed by atoms with Crippen molar-refractivity contribution in [3.8, 4) is 11.1 Å². The highest BCUT2D eigenvalue weighted by Crippen LogP contribution is 2.20. The lowest BCUT2D eigenvalue weighted by Crippen LogP contribution is -3.14. The first kappa shape index (κ1) is 18.7. The van der Waals surface area contributed by atoms with Gasteiger partial charge in [-0.15, -0.1) is 0 Å². The standard InChI is InChI=1S/C20H25N3O2/c1-3-21-19(24)14-23(4-2)15-20(25)22-18-12-10-17(11-13-18)16-8-6-5-7-9-16/h5-13H,3-4,14-15H2,1-2H3,(H,21,24)(H,22,25)/p+1. The molecule has 1 unspecified atom stereocenters. The fraction of sp³-hybridized carbons (Fsp3) is 0.300. The zero-order valence-electron chi connectivity index (χ0n) is 14.8. The minimum absolute atomic E-state index is 0.0284. The second kappa shape index (κ2) is 9.59. The molecule has 25 heavy (non-hydrogen) atoms. The Balaban J connectivity index is 1.90. The monoisotopic (exact) mass is 340 g/mol. The van der Waals surface area contributed by atoms with E-state index in [9.17, 15) is 9.59 Å². The number of anilines is 1. The van der Waals surface area contributed by atoms with Crippen molar-refractivity contribution in [1.29, 1.82) is 0 Å². The fourth-order valence-corrected chi connectivity index (χ4v) is 2.61. The number of amides is 2. The number of nitrogens with one attached hydrogen (secondary N) is 3. The van der Waals surface area contributed by atoms with Crippen molar-refractivity contribution >= 4 is 17.5 Å². The van der Waals surface area contributed by atoms with Crippen LogP contribution in [-0.2, 0) is 9.59 Å². The Morgan fingerprint density at radius 2 is 1.44 bits per heavy atom. The normalized spacial score (nSPS) is 11.6. The summed E-state index contributed by atoms with van der Waals surface area (Å²) in [7, 11) is 0. The Kier molecular flexibility index (Phi) is 7.16. The van der Waals surface area contributed by atoms with Crippen LogP contribution in [0.2, 0.25) is 0 Å². The molecule has 0 aliphatic heterocycles. The van der Waals surface area contributed by atoms with Crippen molar-refractivity contribution in [3.05, 3.63) is 54.6 Å². The lowest BCUT2D eigenvalue weighted by molar-refractivity contribution is -0.881. The van der Waals surface area contributed by atoms with E-state index in [0.29, 0.717) is 13.1 Å². The lowest BCUT2D eigenvalue weighted by Gasteiger charge is -2.16. The number of hydrogen-bond donors (Lipinski definition) is 3. The van der Waals surface area contributed by atoms with Gasteiger partial charge < -0.3 is 15.5 Å². The molecule has 2 aromatic rings. The van der Waals surface area contributed by atoms with E-state index in [1.54, 1.807) is 0 Å². The van der Waals surface area contributed by atoms with Crippen LogP contribution in [-0.4, -0.2) is 38.0 Å². The number of benzene rings is 2. The molecule has 2 rings (SSSR count). The van der Waals surface area contributed by atoms with Gasteiger partial charge in [0.15, 0.2) is 13.1 Å². The van der Waals surface area contributed by atoms with Crippen molar-refractivity contribution in [1.82, 2.24) is 5.32 Å². The summed E-state index contributed by atoms with van der Waals surface area (Å²) in [6, 6.07) is 17.9. The van der Waals surface area contributed by atoms with Gasteiger partial charge in [0.05, 0.1) is 6.54 Å². The number of carbonyl (C=O) groups excluding carboxylic acids is 2. The molecule has 1 atom stereocenters. The molecule has 0 bridgehead atoms. The Morgan fingerprint density at radius 1 is 0.840 bits per heavy atom. The van der Waals surface area contributed by atoms with E-state index in [2.05, 4.69) is 22.8 Å². The number of hydrogen-bond acceptors (Lipinski definition) is 2. The Labute approximate surface area is 149 Å². The van der Waals surface area contributed by atoms with E-state index in [1.807, 2.05) is 56.3 Å². The van der Waals surface area contributed by atoms with Gasteiger partial charge in [0.2, 0.25) is 0 Å². The summed E-state index contributed by atoms with van der Waals surface area (Å²) in [5.74, 6) is -0.118. The maximum Gasteiger partial charge on any atom is 0.279 e. The van der Waals surface area contributed by atoms with Gasteiger partial charge in [-0.2, -0.15) is 0 Å². The van der Waals surface area contributed by atoms with Crippen molar-refractivity contribution < 1.29 is 14.5 Å². The average Bonchev–Trinajstić information content (AvgIpc) is 2.62. The van der Waals surface area contributed by atoms with Crippen molar-refractivity contribution in [2.45, 2.75) is 13.8 Å². The molecule has 2 aromatic carbocycles. The highest BCUT2D eigenvalue weighted by Gasteiger charge is 2.16. The van der Waals surface area contributed by atoms with Crippen molar-refractivity contribution in [2.75, 3.05) is 31.5 Å². The molecule has 0 aliphatic rings. The second-order valence-electron chi connectivity index (χ2n) is 5.90. The molecule has 0 saturated heterocycles. The zero-order chi connectivity index (χ0) is 18.1. The minimum Gasteiger partial charge on any atom is -0.351 e. The molecular weight excluding hydrogens is 314 g/mol. The predicted molar refractivity (Wildman–Crippen MR) is 100 cm³/mol. The molecule has 0 aromatic heterocycles. The highest BCUT2D eigenvalue weighted by atomic mass is 16.2. The summed E-state index contributed by atoms with van der Waals surface area (Å²) in [5.41, 5.74) is 3.01. The predicted octanol–water partition coefficient (Wildman–Crippen LogP) is 1.33. The van der Waals surface area contributed by atoms with Gasteiger partial charge in [-0.05, 0) is 37.1 Å². The van der Waals surface area contributed by atoms with Gasteiger partial charge in [-0.3, -0.25) is 9.59 Å². The molecule has 132 valence electrons. The third-order valence-electron chi connectivity index (χ3n) is 3.97. The van der Waals surface area contributed by atoms with E-state index in [0.717, 1.165) is 28.3 Å². The smallest absolute Gasteiger partial charge is 0.279 e. The molecule has 0 radical (unpaired) electrons. The molecule has 0 heterocycles. The second-order valence-corrected chi connectivity index (χ2v) is 5.90. The summed E-state index contributed by atoms with van der Waals surface area (Å²) >= 11 is 0. The fourth-order valence-electron chi connectivity index (χ4n) is 2.61. The van der Waals surface area contributed by atoms with E-state index >= 15 is 0 Å². The largest absolute Gasteiger partial charge is 0.351 e. The number of rotatable bonds is 8. The van der Waals surface area contributed by atoms with Gasteiger partial charge in [-0.25, -0.2) is 0 Å². The quantitative estimate of drug-likeness (QED) is 0.679. The minimum atomic E-state index is -0.0893. The first-order valence-electron chi connectivity index (χ1n) is 8.68. The molecule has 5 heteroatoms. The summed E-state index contributed by atoms with van der Waals surface area (Å²) in [5, 5.41) is 5.66. The molecule has 3 N–H and O–H groups in total. The molecule has 0 saturated carbocycles. The van der Waals surface area contributed by atoms with Gasteiger partial charge >= 0.3 is 0 Å². The van der Waals surface area contributed by atoms with Crippen molar-refractivity contribution in [2.24, 2.45) is 0 Å². The van der Waals surface area contributed by atoms with Crippen LogP contribution in [0.4, 0.5) is 5.69 Å². The molecule has 0 aliphatic carbocycles. The maximum absolute atomic E-state index is 12.2. The number of likely N-dealkylation sites (N-methyl/N-ethyl adjacent to an activating group) is 2.